The van der Waals surface area contributed by atoms with E-state index in [0.717, 1.165) is 17.9 Å². The summed E-state index contributed by atoms with van der Waals surface area (Å²) >= 11 is 0. The third-order valence-corrected chi connectivity index (χ3v) is 3.63. The normalized spacial score (nSPS) is 11.3. The number of guanidine groups is 1. The van der Waals surface area contributed by atoms with Gasteiger partial charge in [0.2, 0.25) is 0 Å². The van der Waals surface area contributed by atoms with E-state index in [0.29, 0.717) is 38.8 Å². The number of nitrogens with zero attached hydrogens (tertiary/aromatic N) is 4. The van der Waals surface area contributed by atoms with Crippen LogP contribution < -0.4 is 15.4 Å². The molecule has 0 amide bonds. The van der Waals surface area contributed by atoms with Crippen molar-refractivity contribution in [1.82, 2.24) is 15.1 Å². The Labute approximate surface area is 163 Å². The van der Waals surface area contributed by atoms with E-state index in [-0.39, 0.29) is 5.69 Å². The maximum atomic E-state index is 10.7. The van der Waals surface area contributed by atoms with Crippen molar-refractivity contribution in [1.29, 1.82) is 0 Å². The zero-order valence-electron chi connectivity index (χ0n) is 16.1. The summed E-state index contributed by atoms with van der Waals surface area (Å²) in [6.07, 6.45) is 3.44. The number of nitro groups is 1. The molecule has 2 aromatic rings. The van der Waals surface area contributed by atoms with Gasteiger partial charge in [0.25, 0.3) is 0 Å². The SMILES string of the molecule is CCNC(=NCCn1cc([N+](=O)[O-])cn1)Nc1cccc(OCCCOC)c1. The van der Waals surface area contributed by atoms with Crippen LogP contribution in [-0.2, 0) is 11.3 Å². The minimum atomic E-state index is -0.470. The van der Waals surface area contributed by atoms with Crippen molar-refractivity contribution in [2.75, 3.05) is 38.7 Å². The zero-order chi connectivity index (χ0) is 20.2. The van der Waals surface area contributed by atoms with Crippen molar-refractivity contribution in [2.24, 2.45) is 4.99 Å². The highest BCUT2D eigenvalue weighted by Crippen LogP contribution is 2.17. The van der Waals surface area contributed by atoms with Gasteiger partial charge >= 0.3 is 5.69 Å². The minimum Gasteiger partial charge on any atom is -0.493 e. The van der Waals surface area contributed by atoms with Crippen LogP contribution >= 0.6 is 0 Å². The summed E-state index contributed by atoms with van der Waals surface area (Å²) in [6, 6.07) is 7.62. The van der Waals surface area contributed by atoms with E-state index >= 15 is 0 Å². The second kappa shape index (κ2) is 11.5. The Morgan fingerprint density at radius 2 is 2.25 bits per heavy atom. The minimum absolute atomic E-state index is 0.0312. The number of anilines is 1. The highest BCUT2D eigenvalue weighted by Gasteiger charge is 2.08. The molecule has 152 valence electrons. The molecular weight excluding hydrogens is 364 g/mol. The van der Waals surface area contributed by atoms with E-state index in [9.17, 15) is 10.1 Å². The molecule has 0 atom stereocenters. The molecular formula is C18H26N6O4. The van der Waals surface area contributed by atoms with Crippen molar-refractivity contribution >= 4 is 17.3 Å². The van der Waals surface area contributed by atoms with E-state index in [1.165, 1.54) is 17.1 Å². The lowest BCUT2D eigenvalue weighted by Gasteiger charge is -2.13. The van der Waals surface area contributed by atoms with Crippen LogP contribution in [0.3, 0.4) is 0 Å². The van der Waals surface area contributed by atoms with Crippen molar-refractivity contribution in [3.05, 3.63) is 46.8 Å². The van der Waals surface area contributed by atoms with Crippen LogP contribution in [0.15, 0.2) is 41.7 Å². The van der Waals surface area contributed by atoms with Gasteiger partial charge in [-0.2, -0.15) is 5.10 Å². The smallest absolute Gasteiger partial charge is 0.306 e. The first kappa shape index (κ1) is 21.2. The largest absolute Gasteiger partial charge is 0.493 e. The number of hydrogen-bond acceptors (Lipinski definition) is 6. The van der Waals surface area contributed by atoms with Crippen LogP contribution in [0.1, 0.15) is 13.3 Å². The molecule has 2 rings (SSSR count). The first-order valence-corrected chi connectivity index (χ1v) is 9.06. The molecule has 1 aromatic carbocycles. The number of ether oxygens (including phenoxy) is 2. The van der Waals surface area contributed by atoms with E-state index in [1.807, 2.05) is 31.2 Å². The molecule has 0 radical (unpaired) electrons. The topological polar surface area (TPSA) is 116 Å². The Balaban J connectivity index is 1.91. The number of aromatic nitrogens is 2. The van der Waals surface area contributed by atoms with Gasteiger partial charge in [0.05, 0.1) is 24.6 Å². The monoisotopic (exact) mass is 390 g/mol. The summed E-state index contributed by atoms with van der Waals surface area (Å²) in [5.74, 6) is 1.38. The third kappa shape index (κ3) is 7.23. The van der Waals surface area contributed by atoms with E-state index in [2.05, 4.69) is 20.7 Å². The quantitative estimate of drug-likeness (QED) is 0.199. The van der Waals surface area contributed by atoms with Gasteiger partial charge < -0.3 is 20.1 Å². The second-order valence-electron chi connectivity index (χ2n) is 5.83. The van der Waals surface area contributed by atoms with Crippen LogP contribution in [0.5, 0.6) is 5.75 Å². The van der Waals surface area contributed by atoms with Gasteiger partial charge in [-0.3, -0.25) is 19.8 Å². The van der Waals surface area contributed by atoms with E-state index in [1.54, 1.807) is 7.11 Å². The Morgan fingerprint density at radius 1 is 1.39 bits per heavy atom. The molecule has 2 N–H and O–H groups in total. The highest BCUT2D eigenvalue weighted by molar-refractivity contribution is 5.93. The molecule has 28 heavy (non-hydrogen) atoms. The number of hydrogen-bond donors (Lipinski definition) is 2. The zero-order valence-corrected chi connectivity index (χ0v) is 16.1. The molecule has 0 spiro atoms. The van der Waals surface area contributed by atoms with Crippen LogP contribution in [0.4, 0.5) is 11.4 Å². The average Bonchev–Trinajstić information content (AvgIpc) is 3.15. The van der Waals surface area contributed by atoms with Crippen LogP contribution in [0.2, 0.25) is 0 Å². The van der Waals surface area contributed by atoms with Crippen LogP contribution in [0, 0.1) is 10.1 Å². The molecule has 10 heteroatoms. The fourth-order valence-electron chi connectivity index (χ4n) is 2.33. The standard InChI is InChI=1S/C18H26N6O4/c1-3-19-18(20-8-9-23-14-16(13-21-23)24(25)26)22-15-6-4-7-17(12-15)28-11-5-10-27-2/h4,6-7,12-14H,3,5,8-11H2,1-2H3,(H2,19,20,22). The molecule has 0 aliphatic heterocycles. The molecule has 0 bridgehead atoms. The molecule has 10 nitrogen and oxygen atoms in total. The average molecular weight is 390 g/mol. The maximum absolute atomic E-state index is 10.7. The van der Waals surface area contributed by atoms with Gasteiger partial charge in [0.1, 0.15) is 18.1 Å². The lowest BCUT2D eigenvalue weighted by atomic mass is 10.3. The van der Waals surface area contributed by atoms with Gasteiger partial charge in [-0.15, -0.1) is 0 Å². The number of nitrogens with one attached hydrogen (secondary N) is 2. The summed E-state index contributed by atoms with van der Waals surface area (Å²) < 4.78 is 12.2. The van der Waals surface area contributed by atoms with Crippen LogP contribution in [-0.4, -0.2) is 54.1 Å². The highest BCUT2D eigenvalue weighted by atomic mass is 16.6. The Hall–Kier alpha value is -3.14. The lowest BCUT2D eigenvalue weighted by molar-refractivity contribution is -0.385. The molecule has 0 fully saturated rings. The maximum Gasteiger partial charge on any atom is 0.306 e. The fraction of sp³-hybridized carbons (Fsp3) is 0.444. The Kier molecular flexibility index (Phi) is 8.73. The molecule has 0 unspecified atom stereocenters. The predicted octanol–water partition coefficient (Wildman–Crippen LogP) is 2.28. The summed E-state index contributed by atoms with van der Waals surface area (Å²) in [5.41, 5.74) is 0.815. The summed E-state index contributed by atoms with van der Waals surface area (Å²) in [6.45, 7) is 4.78. The predicted molar refractivity (Wildman–Crippen MR) is 107 cm³/mol. The van der Waals surface area contributed by atoms with Gasteiger partial charge in [0, 0.05) is 38.4 Å². The van der Waals surface area contributed by atoms with Gasteiger partial charge in [0.15, 0.2) is 5.96 Å². The first-order valence-electron chi connectivity index (χ1n) is 9.06. The number of rotatable bonds is 11. The molecule has 0 aliphatic carbocycles. The summed E-state index contributed by atoms with van der Waals surface area (Å²) in [4.78, 5) is 14.7. The van der Waals surface area contributed by atoms with Crippen molar-refractivity contribution < 1.29 is 14.4 Å². The number of aliphatic imine (C=N–C) groups is 1. The van der Waals surface area contributed by atoms with Crippen molar-refractivity contribution in [3.8, 4) is 5.75 Å². The molecule has 0 saturated heterocycles. The van der Waals surface area contributed by atoms with Gasteiger partial charge in [-0.25, -0.2) is 0 Å². The molecule has 1 heterocycles. The Bertz CT molecular complexity index is 777. The van der Waals surface area contributed by atoms with E-state index in [4.69, 9.17) is 9.47 Å². The van der Waals surface area contributed by atoms with Gasteiger partial charge in [-0.1, -0.05) is 6.07 Å². The molecule has 0 aliphatic rings. The van der Waals surface area contributed by atoms with Gasteiger partial charge in [-0.05, 0) is 19.1 Å². The first-order chi connectivity index (χ1) is 13.6. The number of methoxy groups -OCH3 is 1. The lowest BCUT2D eigenvalue weighted by Crippen LogP contribution is -2.31. The van der Waals surface area contributed by atoms with Crippen molar-refractivity contribution in [3.63, 3.8) is 0 Å². The Morgan fingerprint density at radius 3 is 2.96 bits per heavy atom. The van der Waals surface area contributed by atoms with Crippen molar-refractivity contribution in [2.45, 2.75) is 19.9 Å². The second-order valence-corrected chi connectivity index (χ2v) is 5.83. The van der Waals surface area contributed by atoms with Crippen LogP contribution in [0.25, 0.3) is 0 Å². The molecule has 1 aromatic heterocycles. The number of benzene rings is 1. The summed E-state index contributed by atoms with van der Waals surface area (Å²) in [7, 11) is 1.67. The fourth-order valence-corrected chi connectivity index (χ4v) is 2.33. The third-order valence-electron chi connectivity index (χ3n) is 3.63. The molecule has 0 saturated carbocycles. The van der Waals surface area contributed by atoms with E-state index < -0.39 is 4.92 Å². The summed E-state index contributed by atoms with van der Waals surface area (Å²) in [5, 5.41) is 21.0.